The Labute approximate surface area is 187 Å². The van der Waals surface area contributed by atoms with E-state index in [1.54, 1.807) is 7.11 Å². The molecule has 170 valence electrons. The van der Waals surface area contributed by atoms with E-state index in [2.05, 4.69) is 0 Å². The summed E-state index contributed by atoms with van der Waals surface area (Å²) < 4.78 is 5.33. The summed E-state index contributed by atoms with van der Waals surface area (Å²) in [6.45, 7) is 0.257. The lowest BCUT2D eigenvalue weighted by molar-refractivity contribution is -0.162. The van der Waals surface area contributed by atoms with Crippen LogP contribution in [-0.4, -0.2) is 47.4 Å². The molecule has 1 aromatic rings. The average molecular weight is 427 g/mol. The normalized spacial score (nSPS) is 25.1. The van der Waals surface area contributed by atoms with Crippen LogP contribution >= 0.6 is 0 Å². The first kappa shape index (κ1) is 22.2. The van der Waals surface area contributed by atoms with E-state index in [1.165, 1.54) is 32.1 Å². The Morgan fingerprint density at radius 3 is 1.81 bits per heavy atom. The van der Waals surface area contributed by atoms with Gasteiger partial charge in [0, 0.05) is 12.1 Å². The minimum Gasteiger partial charge on any atom is -0.497 e. The predicted octanol–water partition coefficient (Wildman–Crippen LogP) is 5.24. The number of hydrogen-bond donors (Lipinski definition) is 0. The first-order chi connectivity index (χ1) is 15.2. The highest BCUT2D eigenvalue weighted by Gasteiger charge is 2.45. The summed E-state index contributed by atoms with van der Waals surface area (Å²) in [6.07, 6.45) is 14.9. The van der Waals surface area contributed by atoms with E-state index in [1.807, 2.05) is 34.1 Å². The number of hydrogen-bond acceptors (Lipinski definition) is 3. The lowest BCUT2D eigenvalue weighted by atomic mass is 9.90. The van der Waals surface area contributed by atoms with Crippen molar-refractivity contribution in [1.82, 2.24) is 9.80 Å². The van der Waals surface area contributed by atoms with E-state index in [4.69, 9.17) is 4.74 Å². The smallest absolute Gasteiger partial charge is 0.250 e. The summed E-state index contributed by atoms with van der Waals surface area (Å²) in [4.78, 5) is 31.4. The fourth-order valence-electron chi connectivity index (χ4n) is 5.82. The molecule has 2 aliphatic carbocycles. The van der Waals surface area contributed by atoms with Gasteiger partial charge in [-0.25, -0.2) is 0 Å². The Morgan fingerprint density at radius 2 is 1.26 bits per heavy atom. The van der Waals surface area contributed by atoms with Gasteiger partial charge in [-0.05, 0) is 43.4 Å². The molecule has 5 nitrogen and oxygen atoms in total. The molecule has 1 atom stereocenters. The molecule has 0 unspecified atom stereocenters. The molecule has 1 aromatic carbocycles. The Hall–Kier alpha value is -2.04. The Bertz CT molecular complexity index is 732. The number of rotatable bonds is 4. The standard InChI is InChI=1S/C26H38N2O3/c1-31-23-17-15-20(16-18-23)25-26(30)27(21-11-7-5-6-8-12-21)19-24(29)28(25)22-13-9-3-2-4-10-14-22/h15-18,21-22,25H,2-14,19H2,1H3/t25-/m0/s1. The highest BCUT2D eigenvalue weighted by atomic mass is 16.5. The maximum atomic E-state index is 13.9. The van der Waals surface area contributed by atoms with Crippen LogP contribution in [0.25, 0.3) is 0 Å². The number of piperazine rings is 1. The zero-order valence-electron chi connectivity index (χ0n) is 19.1. The van der Waals surface area contributed by atoms with E-state index in [0.717, 1.165) is 62.7 Å². The SMILES string of the molecule is COc1ccc([C@H]2C(=O)N(C3CCCCCC3)CC(=O)N2C2CCCCCCC2)cc1. The predicted molar refractivity (Wildman–Crippen MR) is 122 cm³/mol. The van der Waals surface area contributed by atoms with E-state index < -0.39 is 6.04 Å². The molecule has 0 aromatic heterocycles. The highest BCUT2D eigenvalue weighted by molar-refractivity contribution is 5.96. The van der Waals surface area contributed by atoms with Crippen molar-refractivity contribution in [1.29, 1.82) is 0 Å². The van der Waals surface area contributed by atoms with Crippen LogP contribution in [0.3, 0.4) is 0 Å². The number of carbonyl (C=O) groups is 2. The van der Waals surface area contributed by atoms with Crippen molar-refractivity contribution in [2.45, 2.75) is 102 Å². The van der Waals surface area contributed by atoms with Gasteiger partial charge in [0.25, 0.3) is 5.91 Å². The van der Waals surface area contributed by atoms with Gasteiger partial charge in [0.05, 0.1) is 7.11 Å². The van der Waals surface area contributed by atoms with Crippen molar-refractivity contribution in [3.05, 3.63) is 29.8 Å². The molecule has 2 amide bonds. The molecule has 3 fully saturated rings. The molecule has 4 rings (SSSR count). The van der Waals surface area contributed by atoms with Crippen molar-refractivity contribution in [3.63, 3.8) is 0 Å². The largest absolute Gasteiger partial charge is 0.497 e. The second-order valence-electron chi connectivity index (χ2n) is 9.59. The van der Waals surface area contributed by atoms with Crippen molar-refractivity contribution >= 4 is 11.8 Å². The second kappa shape index (κ2) is 10.5. The van der Waals surface area contributed by atoms with Gasteiger partial charge in [-0.2, -0.15) is 0 Å². The molecule has 5 heteroatoms. The van der Waals surface area contributed by atoms with Crippen LogP contribution in [0.5, 0.6) is 5.75 Å². The van der Waals surface area contributed by atoms with Crippen molar-refractivity contribution in [3.8, 4) is 5.75 Å². The lowest BCUT2D eigenvalue weighted by Crippen LogP contribution is -2.60. The molecular weight excluding hydrogens is 388 g/mol. The van der Waals surface area contributed by atoms with Crippen LogP contribution < -0.4 is 4.74 Å². The van der Waals surface area contributed by atoms with Crippen LogP contribution in [0.15, 0.2) is 24.3 Å². The van der Waals surface area contributed by atoms with E-state index in [0.29, 0.717) is 0 Å². The molecular formula is C26H38N2O3. The molecule has 1 heterocycles. The minimum atomic E-state index is -0.500. The van der Waals surface area contributed by atoms with Gasteiger partial charge in [-0.1, -0.05) is 69.9 Å². The summed E-state index contributed by atoms with van der Waals surface area (Å²) in [5, 5.41) is 0. The van der Waals surface area contributed by atoms with Crippen LogP contribution in [0.2, 0.25) is 0 Å². The fraction of sp³-hybridized carbons (Fsp3) is 0.692. The minimum absolute atomic E-state index is 0.124. The molecule has 0 bridgehead atoms. The Morgan fingerprint density at radius 1 is 0.742 bits per heavy atom. The van der Waals surface area contributed by atoms with Crippen molar-refractivity contribution in [2.75, 3.05) is 13.7 Å². The zero-order valence-corrected chi connectivity index (χ0v) is 19.1. The van der Waals surface area contributed by atoms with E-state index in [9.17, 15) is 9.59 Å². The van der Waals surface area contributed by atoms with E-state index in [-0.39, 0.29) is 30.4 Å². The van der Waals surface area contributed by atoms with Crippen LogP contribution in [0.4, 0.5) is 0 Å². The number of ether oxygens (including phenoxy) is 1. The van der Waals surface area contributed by atoms with Gasteiger partial charge >= 0.3 is 0 Å². The van der Waals surface area contributed by atoms with Gasteiger partial charge in [-0.15, -0.1) is 0 Å². The number of carbonyl (C=O) groups excluding carboxylic acids is 2. The van der Waals surface area contributed by atoms with Crippen molar-refractivity contribution in [2.24, 2.45) is 0 Å². The lowest BCUT2D eigenvalue weighted by Gasteiger charge is -2.47. The maximum Gasteiger partial charge on any atom is 0.250 e. The third-order valence-electron chi connectivity index (χ3n) is 7.55. The number of amides is 2. The maximum absolute atomic E-state index is 13.9. The monoisotopic (exact) mass is 426 g/mol. The molecule has 0 N–H and O–H groups in total. The summed E-state index contributed by atoms with van der Waals surface area (Å²) in [5.41, 5.74) is 0.916. The molecule has 0 radical (unpaired) electrons. The molecule has 31 heavy (non-hydrogen) atoms. The molecule has 3 aliphatic rings. The highest BCUT2D eigenvalue weighted by Crippen LogP contribution is 2.36. The van der Waals surface area contributed by atoms with Gasteiger partial charge in [0.2, 0.25) is 5.91 Å². The summed E-state index contributed by atoms with van der Waals surface area (Å²) in [5.74, 6) is 1.03. The molecule has 0 spiro atoms. The van der Waals surface area contributed by atoms with Crippen molar-refractivity contribution < 1.29 is 14.3 Å². The first-order valence-electron chi connectivity index (χ1n) is 12.4. The van der Waals surface area contributed by atoms with Crippen LogP contribution in [0, 0.1) is 0 Å². The van der Waals surface area contributed by atoms with Crippen LogP contribution in [-0.2, 0) is 9.59 Å². The average Bonchev–Trinajstić information content (AvgIpc) is 3.05. The Balaban J connectivity index is 1.65. The van der Waals surface area contributed by atoms with Crippen LogP contribution in [0.1, 0.15) is 95.1 Å². The second-order valence-corrected chi connectivity index (χ2v) is 9.59. The number of nitrogens with zero attached hydrogens (tertiary/aromatic N) is 2. The zero-order chi connectivity index (χ0) is 21.6. The number of benzene rings is 1. The molecule has 1 saturated heterocycles. The van der Waals surface area contributed by atoms with Gasteiger partial charge < -0.3 is 14.5 Å². The third kappa shape index (κ3) is 5.07. The molecule has 2 saturated carbocycles. The summed E-state index contributed by atoms with van der Waals surface area (Å²) >= 11 is 0. The van der Waals surface area contributed by atoms with E-state index >= 15 is 0 Å². The first-order valence-corrected chi connectivity index (χ1v) is 12.4. The quantitative estimate of drug-likeness (QED) is 0.619. The topological polar surface area (TPSA) is 49.9 Å². The van der Waals surface area contributed by atoms with Gasteiger partial charge in [0.15, 0.2) is 0 Å². The fourth-order valence-corrected chi connectivity index (χ4v) is 5.82. The Kier molecular flexibility index (Phi) is 7.52. The number of methoxy groups -OCH3 is 1. The third-order valence-corrected chi connectivity index (χ3v) is 7.55. The summed E-state index contributed by atoms with van der Waals surface area (Å²) in [6, 6.07) is 7.64. The summed E-state index contributed by atoms with van der Waals surface area (Å²) in [7, 11) is 1.65. The molecule has 1 aliphatic heterocycles. The van der Waals surface area contributed by atoms with Gasteiger partial charge in [0.1, 0.15) is 18.3 Å². The van der Waals surface area contributed by atoms with Gasteiger partial charge in [-0.3, -0.25) is 9.59 Å².